The number of ketones is 3. The Bertz CT molecular complexity index is 787. The van der Waals surface area contributed by atoms with E-state index in [2.05, 4.69) is 0 Å². The molecule has 1 aliphatic carbocycles. The Hall–Kier alpha value is -2.33. The topological polar surface area (TPSA) is 71.4 Å². The van der Waals surface area contributed by atoms with Crippen LogP contribution in [0.25, 0.3) is 6.08 Å². The molecule has 126 valence electrons. The van der Waals surface area contributed by atoms with Crippen molar-refractivity contribution in [1.82, 2.24) is 0 Å². The molecule has 24 heavy (non-hydrogen) atoms. The minimum absolute atomic E-state index is 0.0647. The Morgan fingerprint density at radius 2 is 1.79 bits per heavy atom. The first-order valence-corrected chi connectivity index (χ1v) is 7.93. The van der Waals surface area contributed by atoms with Crippen molar-refractivity contribution in [3.05, 3.63) is 52.1 Å². The average Bonchev–Trinajstić information content (AvgIpc) is 2.47. The monoisotopic (exact) mass is 326 g/mol. The Kier molecular flexibility index (Phi) is 4.72. The fraction of sp³-hybridized carbons (Fsp3) is 0.350. The molecule has 0 radical (unpaired) electrons. The van der Waals surface area contributed by atoms with Gasteiger partial charge in [0.2, 0.25) is 11.6 Å². The molecule has 1 aromatic rings. The average molecular weight is 326 g/mol. The van der Waals surface area contributed by atoms with E-state index in [9.17, 15) is 19.5 Å². The number of Topliss-reactive ketones (excluding diaryl/α,β-unsaturated/α-hetero) is 2. The lowest BCUT2D eigenvalue weighted by molar-refractivity contribution is -0.112. The van der Waals surface area contributed by atoms with Crippen molar-refractivity contribution in [2.24, 2.45) is 5.92 Å². The molecule has 0 bridgehead atoms. The zero-order valence-electron chi connectivity index (χ0n) is 14.6. The summed E-state index contributed by atoms with van der Waals surface area (Å²) in [5.74, 6) is -1.65. The highest BCUT2D eigenvalue weighted by Crippen LogP contribution is 2.30. The molecule has 0 atom stereocenters. The molecule has 0 aromatic heterocycles. The number of fused-ring (bicyclic) bond motifs is 1. The third-order valence-corrected chi connectivity index (χ3v) is 3.96. The molecule has 0 aliphatic heterocycles. The number of rotatable bonds is 4. The van der Waals surface area contributed by atoms with Gasteiger partial charge in [0.25, 0.3) is 0 Å². The standard InChI is InChI=1S/C20H22O4/c1-11(2)14-10-13-7-6-12(3)16(17(13)19(23)18(14)22)15(21)8-9-20(4,5)24/h6-11,24H,1-5H3. The molecule has 0 amide bonds. The number of aryl methyl sites for hydroxylation is 1. The molecule has 0 heterocycles. The fourth-order valence-electron chi connectivity index (χ4n) is 2.67. The highest BCUT2D eigenvalue weighted by Gasteiger charge is 2.32. The second-order valence-electron chi connectivity index (χ2n) is 6.99. The van der Waals surface area contributed by atoms with Gasteiger partial charge in [-0.3, -0.25) is 14.4 Å². The first-order valence-electron chi connectivity index (χ1n) is 7.93. The summed E-state index contributed by atoms with van der Waals surface area (Å²) >= 11 is 0. The molecule has 1 aromatic carbocycles. The summed E-state index contributed by atoms with van der Waals surface area (Å²) in [6.07, 6.45) is 4.32. The molecule has 0 unspecified atom stereocenters. The summed E-state index contributed by atoms with van der Waals surface area (Å²) in [6, 6.07) is 3.52. The summed E-state index contributed by atoms with van der Waals surface area (Å²) in [4.78, 5) is 37.5. The van der Waals surface area contributed by atoms with Crippen molar-refractivity contribution in [2.75, 3.05) is 0 Å². The van der Waals surface area contributed by atoms with Crippen LogP contribution in [-0.2, 0) is 4.79 Å². The van der Waals surface area contributed by atoms with Crippen LogP contribution >= 0.6 is 0 Å². The van der Waals surface area contributed by atoms with Crippen LogP contribution in [0.15, 0.2) is 29.9 Å². The number of carbonyl (C=O) groups excluding carboxylic acids is 3. The van der Waals surface area contributed by atoms with Gasteiger partial charge in [0.05, 0.1) is 5.60 Å². The number of aliphatic hydroxyl groups is 1. The van der Waals surface area contributed by atoms with Crippen molar-refractivity contribution >= 4 is 23.4 Å². The van der Waals surface area contributed by atoms with E-state index in [-0.39, 0.29) is 17.0 Å². The minimum Gasteiger partial charge on any atom is -0.386 e. The third kappa shape index (κ3) is 3.44. The van der Waals surface area contributed by atoms with E-state index in [1.54, 1.807) is 39.0 Å². The Morgan fingerprint density at radius 3 is 2.33 bits per heavy atom. The maximum absolute atomic E-state index is 12.6. The van der Waals surface area contributed by atoms with Gasteiger partial charge < -0.3 is 5.11 Å². The van der Waals surface area contributed by atoms with Crippen molar-refractivity contribution in [2.45, 2.75) is 40.2 Å². The van der Waals surface area contributed by atoms with Gasteiger partial charge in [-0.2, -0.15) is 0 Å². The van der Waals surface area contributed by atoms with Crippen LogP contribution in [0.1, 0.15) is 59.5 Å². The SMILES string of the molecule is Cc1ccc2c(c1C(=O)C=CC(C)(C)O)C(=O)C(=O)C(C(C)C)=C2. The second-order valence-corrected chi connectivity index (χ2v) is 6.99. The van der Waals surface area contributed by atoms with Gasteiger partial charge >= 0.3 is 0 Å². The fourth-order valence-corrected chi connectivity index (χ4v) is 2.67. The zero-order chi connectivity index (χ0) is 18.2. The number of benzene rings is 1. The van der Waals surface area contributed by atoms with E-state index in [1.807, 2.05) is 13.8 Å². The molecule has 0 spiro atoms. The first-order chi connectivity index (χ1) is 11.0. The maximum Gasteiger partial charge on any atom is 0.234 e. The number of carbonyl (C=O) groups is 3. The second kappa shape index (κ2) is 6.29. The highest BCUT2D eigenvalue weighted by atomic mass is 16.3. The van der Waals surface area contributed by atoms with E-state index in [0.29, 0.717) is 16.7 Å². The quantitative estimate of drug-likeness (QED) is 0.523. The molecule has 0 fully saturated rings. The van der Waals surface area contributed by atoms with Crippen LogP contribution < -0.4 is 0 Å². The van der Waals surface area contributed by atoms with Gasteiger partial charge in [-0.05, 0) is 56.0 Å². The maximum atomic E-state index is 12.6. The lowest BCUT2D eigenvalue weighted by Crippen LogP contribution is -2.26. The van der Waals surface area contributed by atoms with E-state index in [4.69, 9.17) is 0 Å². The lowest BCUT2D eigenvalue weighted by Gasteiger charge is -2.20. The normalized spacial score (nSPS) is 15.0. The third-order valence-electron chi connectivity index (χ3n) is 3.96. The van der Waals surface area contributed by atoms with E-state index in [0.717, 1.165) is 0 Å². The van der Waals surface area contributed by atoms with Crippen LogP contribution in [0.4, 0.5) is 0 Å². The summed E-state index contributed by atoms with van der Waals surface area (Å²) < 4.78 is 0. The number of hydrogen-bond donors (Lipinski definition) is 1. The molecule has 1 N–H and O–H groups in total. The van der Waals surface area contributed by atoms with E-state index < -0.39 is 23.0 Å². The van der Waals surface area contributed by atoms with Crippen LogP contribution in [-0.4, -0.2) is 28.1 Å². The zero-order valence-corrected chi connectivity index (χ0v) is 14.6. The Balaban J connectivity index is 2.64. The molecule has 4 nitrogen and oxygen atoms in total. The Morgan fingerprint density at radius 1 is 1.17 bits per heavy atom. The van der Waals surface area contributed by atoms with Gasteiger partial charge in [0.1, 0.15) is 0 Å². The van der Waals surface area contributed by atoms with E-state index in [1.165, 1.54) is 12.2 Å². The molecular formula is C20H22O4. The number of allylic oxidation sites excluding steroid dienone is 2. The van der Waals surface area contributed by atoms with Crippen molar-refractivity contribution < 1.29 is 19.5 Å². The predicted molar refractivity (Wildman–Crippen MR) is 93.1 cm³/mol. The largest absolute Gasteiger partial charge is 0.386 e. The minimum atomic E-state index is -1.14. The lowest BCUT2D eigenvalue weighted by atomic mass is 9.81. The molecule has 0 saturated carbocycles. The van der Waals surface area contributed by atoms with Crippen LogP contribution in [0.2, 0.25) is 0 Å². The Labute approximate surface area is 141 Å². The highest BCUT2D eigenvalue weighted by molar-refractivity contribution is 6.53. The molecular weight excluding hydrogens is 304 g/mol. The van der Waals surface area contributed by atoms with Crippen LogP contribution in [0.3, 0.4) is 0 Å². The molecule has 4 heteroatoms. The summed E-state index contributed by atoms with van der Waals surface area (Å²) in [5.41, 5.74) is 0.931. The molecule has 0 saturated heterocycles. The van der Waals surface area contributed by atoms with Gasteiger partial charge in [-0.25, -0.2) is 0 Å². The molecule has 2 rings (SSSR count). The van der Waals surface area contributed by atoms with Gasteiger partial charge in [0, 0.05) is 16.7 Å². The van der Waals surface area contributed by atoms with Gasteiger partial charge in [0.15, 0.2) is 5.78 Å². The summed E-state index contributed by atoms with van der Waals surface area (Å²) in [5, 5.41) is 9.74. The molecule has 1 aliphatic rings. The van der Waals surface area contributed by atoms with Gasteiger partial charge in [-0.15, -0.1) is 0 Å². The smallest absolute Gasteiger partial charge is 0.234 e. The van der Waals surface area contributed by atoms with Crippen molar-refractivity contribution in [3.63, 3.8) is 0 Å². The van der Waals surface area contributed by atoms with E-state index >= 15 is 0 Å². The number of hydrogen-bond acceptors (Lipinski definition) is 4. The van der Waals surface area contributed by atoms with Crippen LogP contribution in [0.5, 0.6) is 0 Å². The first kappa shape index (κ1) is 18.0. The summed E-state index contributed by atoms with van der Waals surface area (Å²) in [6.45, 7) is 8.54. The van der Waals surface area contributed by atoms with Crippen molar-refractivity contribution in [3.8, 4) is 0 Å². The van der Waals surface area contributed by atoms with Crippen LogP contribution in [0, 0.1) is 12.8 Å². The summed E-state index contributed by atoms with van der Waals surface area (Å²) in [7, 11) is 0. The van der Waals surface area contributed by atoms with Gasteiger partial charge in [-0.1, -0.05) is 26.0 Å². The predicted octanol–water partition coefficient (Wildman–Crippen LogP) is 3.31. The van der Waals surface area contributed by atoms with Crippen molar-refractivity contribution in [1.29, 1.82) is 0 Å².